The van der Waals surface area contributed by atoms with Crippen LogP contribution in [0.4, 0.5) is 0 Å². The number of carbonyl (C=O) groups is 2. The molecule has 2 aromatic rings. The molecule has 4 aliphatic rings. The summed E-state index contributed by atoms with van der Waals surface area (Å²) in [6.45, 7) is 2.25. The number of ether oxygens (including phenoxy) is 1. The number of aryl methyl sites for hydroxylation is 2. The highest BCUT2D eigenvalue weighted by atomic mass is 79.9. The number of hydrogen-bond acceptors (Lipinski definition) is 9. The van der Waals surface area contributed by atoms with Gasteiger partial charge < -0.3 is 35.4 Å². The number of amides is 2. The fraction of sp³-hybridized carbons (Fsp3) is 0.618. The number of pyridine rings is 1. The zero-order valence-electron chi connectivity index (χ0n) is 26.6. The van der Waals surface area contributed by atoms with Gasteiger partial charge in [-0.25, -0.2) is 0 Å². The predicted octanol–water partition coefficient (Wildman–Crippen LogP) is 2.75. The smallest absolute Gasteiger partial charge is 0.236 e. The van der Waals surface area contributed by atoms with Gasteiger partial charge >= 0.3 is 0 Å². The number of carbonyl (C=O) groups excluding carboxylic acids is 2. The van der Waals surface area contributed by atoms with Gasteiger partial charge in [-0.15, -0.1) is 0 Å². The molecule has 1 aromatic heterocycles. The number of piperidine rings is 2. The summed E-state index contributed by atoms with van der Waals surface area (Å²) in [5.41, 5.74) is 4.90. The summed E-state index contributed by atoms with van der Waals surface area (Å²) in [6.07, 6.45) is 0.677. The molecule has 14 heteroatoms. The summed E-state index contributed by atoms with van der Waals surface area (Å²) in [5.74, 6) is 0.492. The minimum atomic E-state index is -1.55. The van der Waals surface area contributed by atoms with Gasteiger partial charge in [-0.05, 0) is 114 Å². The molecule has 262 valence electrons. The van der Waals surface area contributed by atoms with E-state index in [1.807, 2.05) is 22.1 Å². The number of likely N-dealkylation sites (tertiary alicyclic amines) is 2. The molecule has 0 saturated carbocycles. The third-order valence-electron chi connectivity index (χ3n) is 10.5. The number of aromatic nitrogens is 1. The minimum absolute atomic E-state index is 0.0742. The third kappa shape index (κ3) is 7.94. The van der Waals surface area contributed by atoms with Crippen LogP contribution in [0, 0.1) is 11.8 Å². The van der Waals surface area contributed by atoms with Crippen molar-refractivity contribution in [2.24, 2.45) is 11.8 Å². The topological polar surface area (TPSA) is 156 Å². The number of nitrogens with one attached hydrogen (secondary N) is 1. The van der Waals surface area contributed by atoms with Crippen LogP contribution in [0.5, 0.6) is 0 Å². The van der Waals surface area contributed by atoms with Gasteiger partial charge in [0.2, 0.25) is 11.8 Å². The molecule has 3 fully saturated rings. The Bertz CT molecular complexity index is 1490. The molecule has 3 saturated heterocycles. The average molecular weight is 815 g/mol. The van der Waals surface area contributed by atoms with Crippen LogP contribution in [-0.4, -0.2) is 117 Å². The Labute approximate surface area is 302 Å². The van der Waals surface area contributed by atoms with Gasteiger partial charge in [0.25, 0.3) is 0 Å². The molecule has 11 nitrogen and oxygen atoms in total. The summed E-state index contributed by atoms with van der Waals surface area (Å²) in [5, 5.41) is 42.8. The van der Waals surface area contributed by atoms with Crippen LogP contribution < -0.4 is 5.32 Å². The van der Waals surface area contributed by atoms with Crippen molar-refractivity contribution in [3.05, 3.63) is 60.7 Å². The van der Waals surface area contributed by atoms with Gasteiger partial charge in [0.05, 0.1) is 18.8 Å². The average Bonchev–Trinajstić information content (AvgIpc) is 3.22. The molecule has 3 aliphatic heterocycles. The highest BCUT2D eigenvalue weighted by Crippen LogP contribution is 2.46. The van der Waals surface area contributed by atoms with E-state index < -0.39 is 43.2 Å². The molecule has 0 bridgehead atoms. The van der Waals surface area contributed by atoms with Crippen LogP contribution in [0.15, 0.2) is 33.3 Å². The van der Waals surface area contributed by atoms with E-state index in [4.69, 9.17) is 21.3 Å². The number of aliphatic hydroxyl groups excluding tert-OH is 4. The summed E-state index contributed by atoms with van der Waals surface area (Å²) in [6, 6.07) is 6.26. The van der Waals surface area contributed by atoms with E-state index in [9.17, 15) is 30.0 Å². The third-order valence-corrected chi connectivity index (χ3v) is 11.8. The summed E-state index contributed by atoms with van der Waals surface area (Å²) < 4.78 is 7.38. The highest BCUT2D eigenvalue weighted by Gasteiger charge is 2.44. The molecular weight excluding hydrogens is 772 g/mol. The molecule has 6 atom stereocenters. The summed E-state index contributed by atoms with van der Waals surface area (Å²) in [7, 11) is 0. The lowest BCUT2D eigenvalue weighted by Crippen LogP contribution is -2.63. The maximum absolute atomic E-state index is 13.5. The summed E-state index contributed by atoms with van der Waals surface area (Å²) >= 11 is 13.9. The first-order valence-electron chi connectivity index (χ1n) is 16.7. The molecule has 1 aliphatic carbocycles. The second-order valence-electron chi connectivity index (χ2n) is 13.6. The predicted molar refractivity (Wildman–Crippen MR) is 185 cm³/mol. The first-order valence-corrected chi connectivity index (χ1v) is 18.7. The van der Waals surface area contributed by atoms with Crippen molar-refractivity contribution in [1.82, 2.24) is 20.1 Å². The zero-order chi connectivity index (χ0) is 34.1. The van der Waals surface area contributed by atoms with E-state index in [0.717, 1.165) is 58.2 Å². The van der Waals surface area contributed by atoms with Crippen LogP contribution in [0.2, 0.25) is 5.02 Å². The molecule has 5 N–H and O–H groups in total. The Morgan fingerprint density at radius 1 is 0.958 bits per heavy atom. The second kappa shape index (κ2) is 15.7. The molecule has 0 unspecified atom stereocenters. The van der Waals surface area contributed by atoms with Crippen molar-refractivity contribution in [2.75, 3.05) is 39.3 Å². The Balaban J connectivity index is 0.998. The lowest BCUT2D eigenvalue weighted by atomic mass is 9.76. The number of aliphatic hydroxyl groups is 4. The van der Waals surface area contributed by atoms with Gasteiger partial charge in [0.1, 0.15) is 24.4 Å². The van der Waals surface area contributed by atoms with E-state index in [1.54, 1.807) is 0 Å². The Kier molecular flexibility index (Phi) is 11.8. The number of benzene rings is 1. The molecular formula is C34H43Br2ClN4O7. The largest absolute Gasteiger partial charge is 0.394 e. The summed E-state index contributed by atoms with van der Waals surface area (Å²) in [4.78, 5) is 35.1. The van der Waals surface area contributed by atoms with Gasteiger partial charge in [-0.2, -0.15) is 0 Å². The number of fused-ring (bicyclic) bond motifs is 2. The van der Waals surface area contributed by atoms with E-state index >= 15 is 0 Å². The van der Waals surface area contributed by atoms with Crippen molar-refractivity contribution < 1.29 is 34.8 Å². The number of nitrogens with zero attached hydrogens (tertiary/aromatic N) is 3. The van der Waals surface area contributed by atoms with Crippen LogP contribution in [0.25, 0.3) is 0 Å². The standard InChI is InChI=1S/C34H43Br2ClN4O7/c35-22-12-21-2-1-20-13-23(37)14-24(36)28(20)29(30(21)38-15-22)19-5-9-41(10-6-19)27(44)11-18-3-7-40(8-4-18)16-26(43)39-34-33(47)32(46)31(45)25(17-42)48-34/h12-15,18-19,25,29,31-34,42,45-47H,1-11,16-17H2,(H,39,43)/t25-,29-,31+,32+,33-,34-/m1/s1. The number of rotatable bonds is 7. The molecule has 4 heterocycles. The van der Waals surface area contributed by atoms with Crippen molar-refractivity contribution in [1.29, 1.82) is 0 Å². The SMILES string of the molecule is O=C(CN1CCC(CC(=O)N2CCC([C@H]3c4ncc(Br)cc4CCc4cc(Cl)cc(Br)c43)CC2)CC1)N[C@@H]1O[C@H](CO)[C@H](O)[C@H](O)[C@H]1O. The second-order valence-corrected chi connectivity index (χ2v) is 15.8. The maximum atomic E-state index is 13.5. The van der Waals surface area contributed by atoms with E-state index in [2.05, 4.69) is 49.3 Å². The monoisotopic (exact) mass is 812 g/mol. The van der Waals surface area contributed by atoms with Crippen molar-refractivity contribution in [3.8, 4) is 0 Å². The lowest BCUT2D eigenvalue weighted by molar-refractivity contribution is -0.236. The quantitative estimate of drug-likeness (QED) is 0.284. The number of hydrogen-bond donors (Lipinski definition) is 5. The van der Waals surface area contributed by atoms with E-state index in [1.165, 1.54) is 16.7 Å². The van der Waals surface area contributed by atoms with Gasteiger partial charge in [-0.1, -0.05) is 27.5 Å². The highest BCUT2D eigenvalue weighted by molar-refractivity contribution is 9.10. The van der Waals surface area contributed by atoms with Crippen molar-refractivity contribution in [3.63, 3.8) is 0 Å². The Morgan fingerprint density at radius 3 is 2.38 bits per heavy atom. The van der Waals surface area contributed by atoms with Gasteiger partial charge in [-0.3, -0.25) is 19.5 Å². The number of halogens is 3. The lowest BCUT2D eigenvalue weighted by Gasteiger charge is -2.40. The Hall–Kier alpha value is -1.68. The van der Waals surface area contributed by atoms with Gasteiger partial charge in [0, 0.05) is 45.6 Å². The molecule has 1 aromatic carbocycles. The first-order chi connectivity index (χ1) is 23.0. The van der Waals surface area contributed by atoms with Crippen LogP contribution in [-0.2, 0) is 27.2 Å². The van der Waals surface area contributed by atoms with Crippen LogP contribution >= 0.6 is 43.5 Å². The van der Waals surface area contributed by atoms with E-state index in [0.29, 0.717) is 38.5 Å². The fourth-order valence-corrected chi connectivity index (χ4v) is 9.36. The Morgan fingerprint density at radius 2 is 1.67 bits per heavy atom. The van der Waals surface area contributed by atoms with Crippen molar-refractivity contribution in [2.45, 2.75) is 81.5 Å². The van der Waals surface area contributed by atoms with Crippen LogP contribution in [0.3, 0.4) is 0 Å². The van der Waals surface area contributed by atoms with Gasteiger partial charge in [0.15, 0.2) is 6.23 Å². The fourth-order valence-electron chi connectivity index (χ4n) is 7.87. The molecule has 6 rings (SSSR count). The zero-order valence-corrected chi connectivity index (χ0v) is 30.5. The molecule has 0 radical (unpaired) electrons. The molecule has 48 heavy (non-hydrogen) atoms. The molecule has 0 spiro atoms. The molecule has 2 amide bonds. The van der Waals surface area contributed by atoms with Crippen LogP contribution in [0.1, 0.15) is 60.4 Å². The maximum Gasteiger partial charge on any atom is 0.236 e. The first kappa shape index (κ1) is 36.1. The van der Waals surface area contributed by atoms with E-state index in [-0.39, 0.29) is 24.3 Å². The van der Waals surface area contributed by atoms with Crippen molar-refractivity contribution >= 4 is 55.3 Å². The minimum Gasteiger partial charge on any atom is -0.394 e. The normalized spacial score (nSPS) is 28.8.